The highest BCUT2D eigenvalue weighted by atomic mass is 16.3. The molecule has 0 fully saturated rings. The molecule has 10 aromatic rings. The molecule has 0 saturated heterocycles. The lowest BCUT2D eigenvalue weighted by Gasteiger charge is -2.30. The van der Waals surface area contributed by atoms with Gasteiger partial charge < -0.3 is 4.42 Å². The summed E-state index contributed by atoms with van der Waals surface area (Å²) in [5.74, 6) is 1.65. The summed E-state index contributed by atoms with van der Waals surface area (Å²) in [7, 11) is 0. The van der Waals surface area contributed by atoms with Crippen LogP contribution in [0.5, 0.6) is 0 Å². The molecule has 1 unspecified atom stereocenters. The van der Waals surface area contributed by atoms with Gasteiger partial charge in [0.2, 0.25) is 0 Å². The Morgan fingerprint density at radius 1 is 0.362 bits per heavy atom. The largest absolute Gasteiger partial charge is 0.456 e. The van der Waals surface area contributed by atoms with Crippen LogP contribution in [0.25, 0.3) is 89.6 Å². The first kappa shape index (κ1) is 32.6. The van der Waals surface area contributed by atoms with Crippen LogP contribution in [-0.2, 0) is 5.41 Å². The van der Waals surface area contributed by atoms with E-state index in [0.717, 1.165) is 61.5 Å². The molecule has 0 aliphatic heterocycles. The number of rotatable bonds is 5. The van der Waals surface area contributed by atoms with E-state index in [1.807, 2.05) is 18.2 Å². The number of benzene rings is 8. The summed E-state index contributed by atoms with van der Waals surface area (Å²) >= 11 is 0. The first-order chi connectivity index (χ1) is 28.8. The second-order valence-electron chi connectivity index (χ2n) is 15.2. The highest BCUT2D eigenvalue weighted by molar-refractivity contribution is 6.05. The van der Waals surface area contributed by atoms with Crippen LogP contribution in [0.3, 0.4) is 0 Å². The summed E-state index contributed by atoms with van der Waals surface area (Å²) in [5.41, 5.74) is 18.5. The van der Waals surface area contributed by atoms with Crippen LogP contribution in [0, 0.1) is 0 Å². The summed E-state index contributed by atoms with van der Waals surface area (Å²) < 4.78 is 6.76. The highest BCUT2D eigenvalue weighted by Crippen LogP contribution is 2.66. The number of furan rings is 1. The van der Waals surface area contributed by atoms with Gasteiger partial charge in [0.1, 0.15) is 11.3 Å². The van der Waals surface area contributed by atoms with Crippen molar-refractivity contribution in [2.45, 2.75) is 5.41 Å². The van der Waals surface area contributed by atoms with Crippen LogP contribution in [0.2, 0.25) is 0 Å². The Labute approximate surface area is 336 Å². The molecule has 270 valence electrons. The van der Waals surface area contributed by atoms with Crippen molar-refractivity contribution in [3.8, 4) is 78.6 Å². The molecule has 8 aromatic carbocycles. The topological polar surface area (TPSA) is 38.9 Å². The number of hydrogen-bond acceptors (Lipinski definition) is 3. The third-order valence-corrected chi connectivity index (χ3v) is 12.1. The third kappa shape index (κ3) is 4.68. The van der Waals surface area contributed by atoms with Crippen molar-refractivity contribution in [1.29, 1.82) is 0 Å². The van der Waals surface area contributed by atoms with Crippen LogP contribution in [0.1, 0.15) is 22.3 Å². The number of nitrogens with zero attached hydrogens (tertiary/aromatic N) is 2. The molecule has 1 spiro atoms. The molecule has 0 radical (unpaired) electrons. The Kier molecular flexibility index (Phi) is 7.14. The summed E-state index contributed by atoms with van der Waals surface area (Å²) in [6.45, 7) is 0. The van der Waals surface area contributed by atoms with Crippen molar-refractivity contribution in [3.05, 3.63) is 229 Å². The number of fused-ring (bicyclic) bond motifs is 12. The van der Waals surface area contributed by atoms with Crippen LogP contribution >= 0.6 is 0 Å². The molecule has 0 bridgehead atoms. The molecule has 0 N–H and O–H groups in total. The monoisotopic (exact) mass is 738 g/mol. The fourth-order valence-corrected chi connectivity index (χ4v) is 9.74. The van der Waals surface area contributed by atoms with E-state index in [9.17, 15) is 0 Å². The van der Waals surface area contributed by atoms with Crippen molar-refractivity contribution in [3.63, 3.8) is 0 Å². The predicted octanol–water partition coefficient (Wildman–Crippen LogP) is 13.9. The molecule has 0 saturated carbocycles. The number of para-hydroxylation sites is 1. The van der Waals surface area contributed by atoms with Gasteiger partial charge in [-0.15, -0.1) is 0 Å². The SMILES string of the molecule is c1ccc(-c2cccc(-c3cc(-c4ccccc4-c4cccc5c4-c4ccccc4C54c5ccccc5-c5oc6ccccc6c54)nc(-c4ccccc4)n3)c2)cc1. The average Bonchev–Trinajstić information content (AvgIpc) is 3.93. The Hall–Kier alpha value is -7.62. The predicted molar refractivity (Wildman–Crippen MR) is 235 cm³/mol. The molecule has 3 nitrogen and oxygen atoms in total. The molecule has 3 heteroatoms. The summed E-state index contributed by atoms with van der Waals surface area (Å²) in [6.07, 6.45) is 0. The van der Waals surface area contributed by atoms with Gasteiger partial charge in [0.15, 0.2) is 5.82 Å². The lowest BCUT2D eigenvalue weighted by Crippen LogP contribution is -2.25. The minimum atomic E-state index is -0.540. The summed E-state index contributed by atoms with van der Waals surface area (Å²) in [6, 6.07) is 73.5. The molecule has 2 aliphatic carbocycles. The van der Waals surface area contributed by atoms with Gasteiger partial charge in [0.25, 0.3) is 0 Å². The Bertz CT molecular complexity index is 3240. The van der Waals surface area contributed by atoms with E-state index in [-0.39, 0.29) is 0 Å². The number of hydrogen-bond donors (Lipinski definition) is 0. The van der Waals surface area contributed by atoms with Crippen molar-refractivity contribution in [1.82, 2.24) is 9.97 Å². The summed E-state index contributed by atoms with van der Waals surface area (Å²) in [5, 5.41) is 1.15. The van der Waals surface area contributed by atoms with Crippen molar-refractivity contribution in [2.75, 3.05) is 0 Å². The van der Waals surface area contributed by atoms with Gasteiger partial charge >= 0.3 is 0 Å². The van der Waals surface area contributed by atoms with Gasteiger partial charge in [-0.1, -0.05) is 188 Å². The Morgan fingerprint density at radius 2 is 0.914 bits per heavy atom. The minimum absolute atomic E-state index is 0.540. The van der Waals surface area contributed by atoms with E-state index in [1.54, 1.807) is 0 Å². The first-order valence-corrected chi connectivity index (χ1v) is 19.8. The summed E-state index contributed by atoms with van der Waals surface area (Å²) in [4.78, 5) is 10.6. The second-order valence-corrected chi connectivity index (χ2v) is 15.2. The molecular formula is C55H34N2O. The molecular weight excluding hydrogens is 705 g/mol. The van der Waals surface area contributed by atoms with Gasteiger partial charge in [-0.2, -0.15) is 0 Å². The maximum absolute atomic E-state index is 6.76. The maximum Gasteiger partial charge on any atom is 0.160 e. The van der Waals surface area contributed by atoms with E-state index in [1.165, 1.54) is 44.5 Å². The fraction of sp³-hybridized carbons (Fsp3) is 0.0182. The van der Waals surface area contributed by atoms with Gasteiger partial charge in [-0.25, -0.2) is 9.97 Å². The normalized spacial score (nSPS) is 14.6. The van der Waals surface area contributed by atoms with Crippen LogP contribution < -0.4 is 0 Å². The van der Waals surface area contributed by atoms with Crippen LogP contribution in [-0.4, -0.2) is 9.97 Å². The van der Waals surface area contributed by atoms with Gasteiger partial charge in [-0.05, 0) is 68.3 Å². The van der Waals surface area contributed by atoms with E-state index in [4.69, 9.17) is 14.4 Å². The highest BCUT2D eigenvalue weighted by Gasteiger charge is 2.54. The molecule has 58 heavy (non-hydrogen) atoms. The third-order valence-electron chi connectivity index (χ3n) is 12.1. The molecule has 2 aromatic heterocycles. The molecule has 1 atom stereocenters. The van der Waals surface area contributed by atoms with Crippen LogP contribution in [0.4, 0.5) is 0 Å². The van der Waals surface area contributed by atoms with Crippen LogP contribution in [0.15, 0.2) is 211 Å². The average molecular weight is 739 g/mol. The lowest BCUT2D eigenvalue weighted by molar-refractivity contribution is 0.628. The second kappa shape index (κ2) is 12.7. The van der Waals surface area contributed by atoms with Crippen molar-refractivity contribution in [2.24, 2.45) is 0 Å². The molecule has 12 rings (SSSR count). The fourth-order valence-electron chi connectivity index (χ4n) is 9.74. The first-order valence-electron chi connectivity index (χ1n) is 19.8. The zero-order valence-corrected chi connectivity index (χ0v) is 31.4. The van der Waals surface area contributed by atoms with E-state index in [2.05, 4.69) is 188 Å². The zero-order valence-electron chi connectivity index (χ0n) is 31.4. The van der Waals surface area contributed by atoms with Gasteiger partial charge in [-0.3, -0.25) is 0 Å². The maximum atomic E-state index is 6.76. The van der Waals surface area contributed by atoms with Gasteiger partial charge in [0, 0.05) is 33.2 Å². The lowest BCUT2D eigenvalue weighted by atomic mass is 9.70. The Morgan fingerprint density at radius 3 is 1.72 bits per heavy atom. The van der Waals surface area contributed by atoms with E-state index in [0.29, 0.717) is 5.82 Å². The molecule has 2 aliphatic rings. The van der Waals surface area contributed by atoms with Gasteiger partial charge in [0.05, 0.1) is 16.8 Å². The molecule has 0 amide bonds. The van der Waals surface area contributed by atoms with Crippen molar-refractivity contribution < 1.29 is 4.42 Å². The number of aromatic nitrogens is 2. The molecule has 2 heterocycles. The standard InChI is InChI=1S/C55H34N2O/c1-3-17-35(18-4-1)37-21-15-22-38(33-37)48-34-49(57-54(56-48)36-19-5-2-6-20-36)40-24-8-7-23-39(40)41-28-16-31-47-51(41)42-25-9-12-29-45(42)55(47)46-30-13-10-26-43(46)53-52(55)44-27-11-14-32-50(44)58-53/h1-34H. The smallest absolute Gasteiger partial charge is 0.160 e. The van der Waals surface area contributed by atoms with Crippen molar-refractivity contribution >= 4 is 11.0 Å². The quantitative estimate of drug-likeness (QED) is 0.176. The minimum Gasteiger partial charge on any atom is -0.456 e. The van der Waals surface area contributed by atoms with E-state index < -0.39 is 5.41 Å². The zero-order chi connectivity index (χ0) is 38.2. The van der Waals surface area contributed by atoms with E-state index >= 15 is 0 Å². The Balaban J connectivity index is 1.10.